The van der Waals surface area contributed by atoms with Gasteiger partial charge in [-0.25, -0.2) is 0 Å². The van der Waals surface area contributed by atoms with Crippen LogP contribution >= 0.6 is 0 Å². The monoisotopic (exact) mass is 320 g/mol. The molecule has 0 saturated heterocycles. The quantitative estimate of drug-likeness (QED) is 0.347. The fourth-order valence-corrected chi connectivity index (χ4v) is 1.71. The zero-order valence-electron chi connectivity index (χ0n) is 14.7. The normalized spacial score (nSPS) is 12.0. The van der Waals surface area contributed by atoms with Crippen molar-refractivity contribution in [2.75, 3.05) is 6.61 Å². The molecule has 0 N–H and O–H groups in total. The summed E-state index contributed by atoms with van der Waals surface area (Å²) in [4.78, 5) is 22.9. The minimum Gasteiger partial charge on any atom is -0.461 e. The smallest absolute Gasteiger partial charge is 0.307 e. The second-order valence-electron chi connectivity index (χ2n) is 5.71. The van der Waals surface area contributed by atoms with Crippen LogP contribution in [-0.2, 0) is 19.1 Å². The number of allylic oxidation sites excluding steroid dienone is 3. The average molecular weight is 320 g/mol. The second-order valence-corrected chi connectivity index (χ2v) is 5.71. The standard InChI is InChI=1S/C19H28O4/c1-6-17(5)23-19(21)12-8-11-18(20)22-14-13-16(4)10-7-9-15(2)3/h1,9,13,17H,7-8,10-12,14H2,2-5H3/b16-13+. The van der Waals surface area contributed by atoms with Gasteiger partial charge >= 0.3 is 11.9 Å². The molecule has 0 aliphatic carbocycles. The SMILES string of the molecule is C#CC(C)OC(=O)CCCC(=O)OC/C=C(\C)CCC=C(C)C. The van der Waals surface area contributed by atoms with E-state index in [-0.39, 0.29) is 25.4 Å². The minimum atomic E-state index is -0.533. The van der Waals surface area contributed by atoms with Crippen molar-refractivity contribution < 1.29 is 19.1 Å². The first kappa shape index (κ1) is 21.0. The molecule has 0 aliphatic heterocycles. The Labute approximate surface area is 139 Å². The maximum absolute atomic E-state index is 11.5. The molecule has 0 heterocycles. The van der Waals surface area contributed by atoms with E-state index < -0.39 is 12.1 Å². The molecule has 0 rings (SSSR count). The first-order valence-corrected chi connectivity index (χ1v) is 7.95. The van der Waals surface area contributed by atoms with Gasteiger partial charge in [0.2, 0.25) is 0 Å². The molecule has 0 fully saturated rings. The Morgan fingerprint density at radius 1 is 1.09 bits per heavy atom. The molecule has 0 saturated carbocycles. The first-order valence-electron chi connectivity index (χ1n) is 7.95. The van der Waals surface area contributed by atoms with Crippen LogP contribution in [0.1, 0.15) is 59.8 Å². The molecule has 0 aromatic rings. The lowest BCUT2D eigenvalue weighted by Crippen LogP contribution is -2.13. The van der Waals surface area contributed by atoms with Gasteiger partial charge in [0.25, 0.3) is 0 Å². The largest absolute Gasteiger partial charge is 0.461 e. The van der Waals surface area contributed by atoms with Gasteiger partial charge in [0.1, 0.15) is 6.61 Å². The zero-order valence-corrected chi connectivity index (χ0v) is 14.7. The molecule has 0 aliphatic rings. The van der Waals surface area contributed by atoms with Gasteiger partial charge in [0, 0.05) is 12.8 Å². The summed E-state index contributed by atoms with van der Waals surface area (Å²) >= 11 is 0. The highest BCUT2D eigenvalue weighted by Crippen LogP contribution is 2.07. The Morgan fingerprint density at radius 2 is 1.74 bits per heavy atom. The fourth-order valence-electron chi connectivity index (χ4n) is 1.71. The lowest BCUT2D eigenvalue weighted by atomic mass is 10.1. The van der Waals surface area contributed by atoms with E-state index in [1.54, 1.807) is 6.92 Å². The van der Waals surface area contributed by atoms with Gasteiger partial charge in [0.15, 0.2) is 6.10 Å². The van der Waals surface area contributed by atoms with Crippen LogP contribution in [0.4, 0.5) is 0 Å². The molecule has 1 unspecified atom stereocenters. The highest BCUT2D eigenvalue weighted by atomic mass is 16.5. The number of hydrogen-bond acceptors (Lipinski definition) is 4. The highest BCUT2D eigenvalue weighted by Gasteiger charge is 2.09. The Kier molecular flexibility index (Phi) is 11.4. The molecule has 0 aromatic heterocycles. The van der Waals surface area contributed by atoms with Crippen molar-refractivity contribution >= 4 is 11.9 Å². The van der Waals surface area contributed by atoms with Crippen molar-refractivity contribution in [3.8, 4) is 12.3 Å². The number of carbonyl (C=O) groups is 2. The van der Waals surface area contributed by atoms with E-state index in [2.05, 4.69) is 25.8 Å². The number of hydrogen-bond donors (Lipinski definition) is 0. The number of carbonyl (C=O) groups excluding carboxylic acids is 2. The van der Waals surface area contributed by atoms with Gasteiger partial charge in [-0.2, -0.15) is 0 Å². The maximum atomic E-state index is 11.5. The average Bonchev–Trinajstić information content (AvgIpc) is 2.46. The third kappa shape index (κ3) is 13.4. The Morgan fingerprint density at radius 3 is 2.35 bits per heavy atom. The van der Waals surface area contributed by atoms with Crippen LogP contribution in [0.5, 0.6) is 0 Å². The summed E-state index contributed by atoms with van der Waals surface area (Å²) in [5, 5.41) is 0. The van der Waals surface area contributed by atoms with E-state index in [4.69, 9.17) is 15.9 Å². The van der Waals surface area contributed by atoms with Crippen molar-refractivity contribution in [1.82, 2.24) is 0 Å². The molecule has 0 bridgehead atoms. The van der Waals surface area contributed by atoms with Crippen molar-refractivity contribution in [2.45, 2.75) is 65.9 Å². The molecule has 1 atom stereocenters. The van der Waals surface area contributed by atoms with Crippen LogP contribution in [0.15, 0.2) is 23.3 Å². The molecule has 4 heteroatoms. The van der Waals surface area contributed by atoms with Gasteiger partial charge in [0.05, 0.1) is 0 Å². The first-order chi connectivity index (χ1) is 10.8. The van der Waals surface area contributed by atoms with Crippen LogP contribution in [0, 0.1) is 12.3 Å². The lowest BCUT2D eigenvalue weighted by molar-refractivity contribution is -0.146. The number of esters is 2. The van der Waals surface area contributed by atoms with E-state index in [1.807, 2.05) is 13.0 Å². The third-order valence-electron chi connectivity index (χ3n) is 3.07. The van der Waals surface area contributed by atoms with Crippen LogP contribution in [-0.4, -0.2) is 24.6 Å². The van der Waals surface area contributed by atoms with E-state index in [9.17, 15) is 9.59 Å². The molecule has 0 spiro atoms. The lowest BCUT2D eigenvalue weighted by Gasteiger charge is -2.07. The second kappa shape index (κ2) is 12.5. The third-order valence-corrected chi connectivity index (χ3v) is 3.07. The van der Waals surface area contributed by atoms with E-state index >= 15 is 0 Å². The molecule has 0 aromatic carbocycles. The van der Waals surface area contributed by atoms with E-state index in [0.29, 0.717) is 6.42 Å². The highest BCUT2D eigenvalue weighted by molar-refractivity contribution is 5.72. The fraction of sp³-hybridized carbons (Fsp3) is 0.579. The summed E-state index contributed by atoms with van der Waals surface area (Å²) < 4.78 is 10.0. The van der Waals surface area contributed by atoms with Crippen LogP contribution in [0.2, 0.25) is 0 Å². The van der Waals surface area contributed by atoms with Gasteiger partial charge in [-0.3, -0.25) is 9.59 Å². The van der Waals surface area contributed by atoms with Crippen molar-refractivity contribution in [1.29, 1.82) is 0 Å². The summed E-state index contributed by atoms with van der Waals surface area (Å²) in [5.74, 6) is 1.61. The summed E-state index contributed by atoms with van der Waals surface area (Å²) in [5.41, 5.74) is 2.50. The predicted octanol–water partition coefficient (Wildman–Crippen LogP) is 3.96. The van der Waals surface area contributed by atoms with Crippen LogP contribution in [0.25, 0.3) is 0 Å². The van der Waals surface area contributed by atoms with Gasteiger partial charge in [-0.15, -0.1) is 6.42 Å². The molecule has 128 valence electrons. The molecule has 4 nitrogen and oxygen atoms in total. The topological polar surface area (TPSA) is 52.6 Å². The van der Waals surface area contributed by atoms with Crippen LogP contribution < -0.4 is 0 Å². The van der Waals surface area contributed by atoms with Gasteiger partial charge in [-0.05, 0) is 53.0 Å². The summed E-state index contributed by atoms with van der Waals surface area (Å²) in [6.07, 6.45) is 11.4. The van der Waals surface area contributed by atoms with Crippen molar-refractivity contribution in [3.05, 3.63) is 23.3 Å². The number of rotatable bonds is 10. The molecular formula is C19H28O4. The van der Waals surface area contributed by atoms with Gasteiger partial charge < -0.3 is 9.47 Å². The molecular weight excluding hydrogens is 292 g/mol. The Balaban J connectivity index is 3.81. The predicted molar refractivity (Wildman–Crippen MR) is 91.6 cm³/mol. The molecule has 0 radical (unpaired) electrons. The number of terminal acetylenes is 1. The van der Waals surface area contributed by atoms with Gasteiger partial charge in [-0.1, -0.05) is 23.1 Å². The number of ether oxygens (including phenoxy) is 2. The van der Waals surface area contributed by atoms with E-state index in [1.165, 1.54) is 11.1 Å². The van der Waals surface area contributed by atoms with Crippen LogP contribution in [0.3, 0.4) is 0 Å². The minimum absolute atomic E-state index is 0.165. The van der Waals surface area contributed by atoms with E-state index in [0.717, 1.165) is 12.8 Å². The molecule has 23 heavy (non-hydrogen) atoms. The Bertz CT molecular complexity index is 476. The molecule has 0 amide bonds. The maximum Gasteiger partial charge on any atom is 0.307 e. The summed E-state index contributed by atoms with van der Waals surface area (Å²) in [6, 6.07) is 0. The van der Waals surface area contributed by atoms with Crippen molar-refractivity contribution in [2.24, 2.45) is 0 Å². The summed E-state index contributed by atoms with van der Waals surface area (Å²) in [6.45, 7) is 8.07. The summed E-state index contributed by atoms with van der Waals surface area (Å²) in [7, 11) is 0. The zero-order chi connectivity index (χ0) is 17.7. The van der Waals surface area contributed by atoms with Crippen molar-refractivity contribution in [3.63, 3.8) is 0 Å². The Hall–Kier alpha value is -2.02.